The molecule has 0 saturated heterocycles. The maximum absolute atomic E-state index is 5.92. The van der Waals surface area contributed by atoms with E-state index in [9.17, 15) is 0 Å². The molecule has 24 heavy (non-hydrogen) atoms. The summed E-state index contributed by atoms with van der Waals surface area (Å²) in [5.41, 5.74) is 6.24. The summed E-state index contributed by atoms with van der Waals surface area (Å²) in [6, 6.07) is 6.68. The molecular weight excluding hydrogens is 318 g/mol. The van der Waals surface area contributed by atoms with Crippen LogP contribution in [0.2, 0.25) is 0 Å². The summed E-state index contributed by atoms with van der Waals surface area (Å²) in [6.07, 6.45) is 5.34. The van der Waals surface area contributed by atoms with Crippen LogP contribution < -0.4 is 4.74 Å². The van der Waals surface area contributed by atoms with Crippen molar-refractivity contribution < 1.29 is 4.74 Å². The molecule has 1 aliphatic rings. The van der Waals surface area contributed by atoms with Gasteiger partial charge in [-0.1, -0.05) is 24.3 Å². The molecule has 1 aromatic heterocycles. The Labute approximate surface area is 148 Å². The lowest BCUT2D eigenvalue weighted by molar-refractivity contribution is 0.300. The molecule has 0 aliphatic carbocycles. The Morgan fingerprint density at radius 3 is 2.88 bits per heavy atom. The van der Waals surface area contributed by atoms with Crippen molar-refractivity contribution in [3.63, 3.8) is 0 Å². The van der Waals surface area contributed by atoms with Gasteiger partial charge >= 0.3 is 0 Å². The van der Waals surface area contributed by atoms with Crippen LogP contribution in [0.1, 0.15) is 35.2 Å². The van der Waals surface area contributed by atoms with Crippen LogP contribution in [0.4, 0.5) is 0 Å². The molecule has 0 spiro atoms. The average Bonchev–Trinajstić information content (AvgIpc) is 3.03. The maximum atomic E-state index is 5.92. The molecule has 0 saturated carbocycles. The average molecular weight is 343 g/mol. The first kappa shape index (κ1) is 17.1. The smallest absolute Gasteiger partial charge is 0.253 e. The molecule has 2 aromatic rings. The van der Waals surface area contributed by atoms with Crippen LogP contribution in [-0.4, -0.2) is 40.4 Å². The van der Waals surface area contributed by atoms with E-state index in [1.807, 2.05) is 0 Å². The Kier molecular flexibility index (Phi) is 5.63. The summed E-state index contributed by atoms with van der Waals surface area (Å²) >= 11 is 1.23. The van der Waals surface area contributed by atoms with Crippen molar-refractivity contribution >= 4 is 17.3 Å². The fourth-order valence-corrected chi connectivity index (χ4v) is 3.47. The van der Waals surface area contributed by atoms with Crippen molar-refractivity contribution in [2.75, 3.05) is 26.7 Å². The van der Waals surface area contributed by atoms with Crippen molar-refractivity contribution in [1.29, 1.82) is 0 Å². The van der Waals surface area contributed by atoms with Gasteiger partial charge in [0.2, 0.25) is 0 Å². The summed E-state index contributed by atoms with van der Waals surface area (Å²) in [6.45, 7) is 7.01. The Hall–Kier alpha value is -1.72. The molecule has 1 aliphatic heterocycles. The molecule has 0 bridgehead atoms. The van der Waals surface area contributed by atoms with E-state index in [0.717, 1.165) is 38.0 Å². The number of hydrogen-bond acceptors (Lipinski definition) is 5. The minimum absolute atomic E-state index is 0.675. The van der Waals surface area contributed by atoms with Gasteiger partial charge in [0.25, 0.3) is 5.88 Å². The van der Waals surface area contributed by atoms with E-state index in [-0.39, 0.29) is 0 Å². The van der Waals surface area contributed by atoms with Crippen molar-refractivity contribution in [3.05, 3.63) is 46.7 Å². The zero-order chi connectivity index (χ0) is 16.9. The van der Waals surface area contributed by atoms with Crippen LogP contribution in [0.15, 0.2) is 24.3 Å². The lowest BCUT2D eigenvalue weighted by Gasteiger charge is -2.22. The lowest BCUT2D eigenvalue weighted by Crippen LogP contribution is -2.25. The predicted molar refractivity (Wildman–Crippen MR) is 99.7 cm³/mol. The largest absolute Gasteiger partial charge is 0.475 e. The molecule has 0 unspecified atom stereocenters. The Morgan fingerprint density at radius 1 is 1.21 bits per heavy atom. The number of hydrogen-bond donors (Lipinski definition) is 0. The molecule has 0 radical (unpaired) electrons. The summed E-state index contributed by atoms with van der Waals surface area (Å²) < 4.78 is 14.7. The standard InChI is InChI=1S/C19H25N3OS/c1-14-8-9-16(12-15(14)2)6-5-11-23-19-18(20-24-21-19)17-7-4-10-22(3)13-17/h7-9,12H,4-6,10-11,13H2,1-3H3. The Bertz CT molecular complexity index is 723. The number of benzene rings is 1. The molecule has 4 nitrogen and oxygen atoms in total. The van der Waals surface area contributed by atoms with E-state index < -0.39 is 0 Å². The van der Waals surface area contributed by atoms with Crippen LogP contribution >= 0.6 is 11.7 Å². The minimum Gasteiger partial charge on any atom is -0.475 e. The second kappa shape index (κ2) is 7.90. The van der Waals surface area contributed by atoms with Crippen molar-refractivity contribution in [3.8, 4) is 5.88 Å². The van der Waals surface area contributed by atoms with E-state index in [1.54, 1.807) is 0 Å². The van der Waals surface area contributed by atoms with E-state index in [1.165, 1.54) is 34.0 Å². The SMILES string of the molecule is Cc1ccc(CCCOc2nsnc2C2=CCCN(C)C2)cc1C. The summed E-state index contributed by atoms with van der Waals surface area (Å²) in [5.74, 6) is 0.696. The number of aromatic nitrogens is 2. The predicted octanol–water partition coefficient (Wildman–Crippen LogP) is 3.89. The fraction of sp³-hybridized carbons (Fsp3) is 0.474. The first-order valence-corrected chi connectivity index (χ1v) is 9.26. The van der Waals surface area contributed by atoms with Crippen molar-refractivity contribution in [1.82, 2.24) is 13.6 Å². The van der Waals surface area contributed by atoms with Gasteiger partial charge in [-0.25, -0.2) is 0 Å². The molecule has 0 N–H and O–H groups in total. The first-order chi connectivity index (χ1) is 11.6. The molecule has 2 heterocycles. The van der Waals surface area contributed by atoms with E-state index in [4.69, 9.17) is 4.74 Å². The third-order valence-corrected chi connectivity index (χ3v) is 5.04. The normalized spacial score (nSPS) is 15.4. The highest BCUT2D eigenvalue weighted by atomic mass is 32.1. The quantitative estimate of drug-likeness (QED) is 0.746. The third kappa shape index (κ3) is 4.22. The van der Waals surface area contributed by atoms with Crippen molar-refractivity contribution in [2.24, 2.45) is 0 Å². The van der Waals surface area contributed by atoms with Crippen LogP contribution in [0.5, 0.6) is 5.88 Å². The molecule has 0 atom stereocenters. The molecule has 3 rings (SSSR count). The topological polar surface area (TPSA) is 38.3 Å². The first-order valence-electron chi connectivity index (χ1n) is 8.53. The number of likely N-dealkylation sites (N-methyl/N-ethyl adjacent to an activating group) is 1. The zero-order valence-corrected chi connectivity index (χ0v) is 15.5. The molecule has 5 heteroatoms. The number of rotatable bonds is 6. The van der Waals surface area contributed by atoms with Gasteiger partial charge in [0.05, 0.1) is 18.3 Å². The van der Waals surface area contributed by atoms with E-state index >= 15 is 0 Å². The second-order valence-corrected chi connectivity index (χ2v) is 7.07. The van der Waals surface area contributed by atoms with Gasteiger partial charge in [0.1, 0.15) is 5.69 Å². The van der Waals surface area contributed by atoms with E-state index in [2.05, 4.69) is 58.8 Å². The highest BCUT2D eigenvalue weighted by Crippen LogP contribution is 2.27. The highest BCUT2D eigenvalue weighted by molar-refractivity contribution is 6.99. The highest BCUT2D eigenvalue weighted by Gasteiger charge is 2.18. The van der Waals surface area contributed by atoms with Crippen LogP contribution in [0, 0.1) is 13.8 Å². The molecular formula is C19H25N3OS. The van der Waals surface area contributed by atoms with Crippen LogP contribution in [0.25, 0.3) is 5.57 Å². The van der Waals surface area contributed by atoms with Gasteiger partial charge < -0.3 is 9.64 Å². The number of ether oxygens (including phenoxy) is 1. The third-order valence-electron chi connectivity index (χ3n) is 4.52. The molecule has 1 aromatic carbocycles. The zero-order valence-electron chi connectivity index (χ0n) is 14.7. The molecule has 128 valence electrons. The molecule has 0 fully saturated rings. The minimum atomic E-state index is 0.675. The van der Waals surface area contributed by atoms with Gasteiger partial charge in [-0.2, -0.15) is 4.37 Å². The van der Waals surface area contributed by atoms with Gasteiger partial charge in [0, 0.05) is 13.1 Å². The van der Waals surface area contributed by atoms with Crippen molar-refractivity contribution in [2.45, 2.75) is 33.1 Å². The second-order valence-electron chi connectivity index (χ2n) is 6.54. The number of nitrogens with zero attached hydrogens (tertiary/aromatic N) is 3. The van der Waals surface area contributed by atoms with Crippen LogP contribution in [0.3, 0.4) is 0 Å². The van der Waals surface area contributed by atoms with Gasteiger partial charge in [-0.3, -0.25) is 0 Å². The van der Waals surface area contributed by atoms with E-state index in [0.29, 0.717) is 12.5 Å². The van der Waals surface area contributed by atoms with Gasteiger partial charge in [0.15, 0.2) is 0 Å². The summed E-state index contributed by atoms with van der Waals surface area (Å²) in [5, 5.41) is 0. The Balaban J connectivity index is 1.53. The van der Waals surface area contributed by atoms with Gasteiger partial charge in [-0.15, -0.1) is 4.37 Å². The summed E-state index contributed by atoms with van der Waals surface area (Å²) in [4.78, 5) is 2.30. The lowest BCUT2D eigenvalue weighted by atomic mass is 10.0. The Morgan fingerprint density at radius 2 is 2.08 bits per heavy atom. The molecule has 0 amide bonds. The number of aryl methyl sites for hydroxylation is 3. The fourth-order valence-electron chi connectivity index (χ4n) is 2.94. The van der Waals surface area contributed by atoms with Crippen LogP contribution in [-0.2, 0) is 6.42 Å². The monoisotopic (exact) mass is 343 g/mol. The van der Waals surface area contributed by atoms with Gasteiger partial charge in [-0.05, 0) is 62.4 Å². The maximum Gasteiger partial charge on any atom is 0.253 e. The summed E-state index contributed by atoms with van der Waals surface area (Å²) in [7, 11) is 2.14.